The molecule has 0 saturated heterocycles. The molecule has 2 aliphatic rings. The molecule has 82 heavy (non-hydrogen) atoms. The number of unbranched alkanes of at least 4 members (excludes halogenated alkanes) is 30. The molecule has 14 nitrogen and oxygen atoms in total. The SMILES string of the molecule is CCCCCCCCCCCCCCCCCCNC(=O)OCCN(CC)c1ccc2c(c1)Oc1cc(N(CCOC(=O)NC)CCOC(=O)NCCCCCCCCCCCCCCCCCC)ccc1C21OC(=O)c2ccccc21. The van der Waals surface area contributed by atoms with Crippen molar-refractivity contribution in [3.05, 3.63) is 82.9 Å². The van der Waals surface area contributed by atoms with E-state index in [0.29, 0.717) is 73.0 Å². The number of carbonyl (C=O) groups excluding carboxylic acids is 4. The number of nitrogens with one attached hydrogen (secondary N) is 3. The number of hydrogen-bond donors (Lipinski definition) is 3. The zero-order valence-corrected chi connectivity index (χ0v) is 51.3. The van der Waals surface area contributed by atoms with Gasteiger partial charge in [-0.3, -0.25) is 0 Å². The quantitative estimate of drug-likeness (QED) is 0.0281. The molecule has 3 aromatic carbocycles. The van der Waals surface area contributed by atoms with Crippen LogP contribution < -0.4 is 30.5 Å². The monoisotopic (exact) mass is 1140 g/mol. The third kappa shape index (κ3) is 23.5. The lowest BCUT2D eigenvalue weighted by Gasteiger charge is -2.38. The van der Waals surface area contributed by atoms with Crippen molar-refractivity contribution >= 4 is 35.6 Å². The molecule has 3 aromatic rings. The van der Waals surface area contributed by atoms with Crippen molar-refractivity contribution in [3.63, 3.8) is 0 Å². The van der Waals surface area contributed by atoms with Gasteiger partial charge in [0.05, 0.1) is 25.2 Å². The van der Waals surface area contributed by atoms with Crippen LogP contribution in [0.5, 0.6) is 11.5 Å². The second-order valence-corrected chi connectivity index (χ2v) is 22.8. The number of carbonyl (C=O) groups is 4. The van der Waals surface area contributed by atoms with Crippen LogP contribution in [0.1, 0.15) is 253 Å². The molecule has 0 saturated carbocycles. The molecule has 2 aliphatic heterocycles. The highest BCUT2D eigenvalue weighted by Gasteiger charge is 2.53. The zero-order valence-electron chi connectivity index (χ0n) is 51.3. The van der Waals surface area contributed by atoms with E-state index in [0.717, 1.165) is 37.1 Å². The first-order valence-electron chi connectivity index (χ1n) is 32.7. The fourth-order valence-electron chi connectivity index (χ4n) is 11.5. The van der Waals surface area contributed by atoms with Gasteiger partial charge in [0.2, 0.25) is 0 Å². The van der Waals surface area contributed by atoms with Gasteiger partial charge in [-0.15, -0.1) is 0 Å². The number of ether oxygens (including phenoxy) is 5. The van der Waals surface area contributed by atoms with Gasteiger partial charge < -0.3 is 49.4 Å². The second kappa shape index (κ2) is 40.5. The van der Waals surface area contributed by atoms with Gasteiger partial charge in [0.25, 0.3) is 0 Å². The minimum absolute atomic E-state index is 0.0714. The third-order valence-electron chi connectivity index (χ3n) is 16.4. The lowest BCUT2D eigenvalue weighted by atomic mass is 9.77. The molecule has 3 N–H and O–H groups in total. The number of amides is 3. The molecule has 0 bridgehead atoms. The maximum Gasteiger partial charge on any atom is 0.407 e. The average Bonchev–Trinajstić information content (AvgIpc) is 2.83. The van der Waals surface area contributed by atoms with Gasteiger partial charge in [0.1, 0.15) is 31.3 Å². The Bertz CT molecular complexity index is 2280. The van der Waals surface area contributed by atoms with Crippen LogP contribution in [-0.2, 0) is 24.5 Å². The molecule has 1 unspecified atom stereocenters. The van der Waals surface area contributed by atoms with Gasteiger partial charge >= 0.3 is 24.2 Å². The van der Waals surface area contributed by atoms with Crippen LogP contribution >= 0.6 is 0 Å². The largest absolute Gasteiger partial charge is 0.456 e. The fraction of sp³-hybridized carbons (Fsp3) is 0.676. The summed E-state index contributed by atoms with van der Waals surface area (Å²) in [6, 6.07) is 19.1. The van der Waals surface area contributed by atoms with Gasteiger partial charge in [-0.1, -0.05) is 225 Å². The molecule has 1 atom stereocenters. The smallest absolute Gasteiger partial charge is 0.407 e. The highest BCUT2D eigenvalue weighted by molar-refractivity contribution is 5.97. The lowest BCUT2D eigenvalue weighted by Crippen LogP contribution is -2.36. The van der Waals surface area contributed by atoms with Crippen molar-refractivity contribution in [2.24, 2.45) is 0 Å². The first-order chi connectivity index (χ1) is 40.2. The van der Waals surface area contributed by atoms with E-state index in [1.807, 2.05) is 66.4 Å². The summed E-state index contributed by atoms with van der Waals surface area (Å²) in [5.74, 6) is 0.566. The number of esters is 1. The number of anilines is 2. The van der Waals surface area contributed by atoms with E-state index in [9.17, 15) is 19.2 Å². The van der Waals surface area contributed by atoms with Crippen molar-refractivity contribution < 1.29 is 42.9 Å². The third-order valence-corrected chi connectivity index (χ3v) is 16.4. The standard InChI is InChI=1S/C68H107N5O9/c1-5-8-10-12-14-16-18-20-22-24-26-28-30-32-34-38-46-70-66(76)79-51-48-72(7-3)56-42-44-60-62(54-56)81-63-55-57(43-45-61(63)68(60)59-41-37-36-40-58(59)64(74)82-68)73(49-52-78-65(75)69-4)50-53-80-67(77)71-47-39-35-33-31-29-27-25-23-21-19-17-15-13-11-9-6-2/h36-37,40-45,54-55H,5-35,38-39,46-53H2,1-4H3,(H,69,75)(H,70,76)(H,71,77). The first kappa shape index (κ1) is 67.1. The molecule has 5 rings (SSSR count). The van der Waals surface area contributed by atoms with Crippen LogP contribution in [-0.4, -0.2) is 90.4 Å². The minimum atomic E-state index is -1.29. The minimum Gasteiger partial charge on any atom is -0.456 e. The predicted molar refractivity (Wildman–Crippen MR) is 333 cm³/mol. The normalized spacial score (nSPS) is 13.8. The molecule has 0 fully saturated rings. The van der Waals surface area contributed by atoms with E-state index in [1.54, 1.807) is 6.07 Å². The Morgan fingerprint density at radius 1 is 0.451 bits per heavy atom. The number of likely N-dealkylation sites (N-methyl/N-ethyl adjacent to an activating group) is 1. The summed E-state index contributed by atoms with van der Waals surface area (Å²) in [7, 11) is 1.51. The number of hydrogen-bond acceptors (Lipinski definition) is 11. The van der Waals surface area contributed by atoms with Crippen molar-refractivity contribution in [1.82, 2.24) is 16.0 Å². The van der Waals surface area contributed by atoms with E-state index in [-0.39, 0.29) is 19.8 Å². The van der Waals surface area contributed by atoms with Crippen LogP contribution in [0, 0.1) is 0 Å². The van der Waals surface area contributed by atoms with Crippen molar-refractivity contribution in [1.29, 1.82) is 0 Å². The maximum atomic E-state index is 13.7. The van der Waals surface area contributed by atoms with E-state index < -0.39 is 29.9 Å². The van der Waals surface area contributed by atoms with Gasteiger partial charge in [0, 0.05) is 66.9 Å². The summed E-state index contributed by atoms with van der Waals surface area (Å²) >= 11 is 0. The second-order valence-electron chi connectivity index (χ2n) is 22.8. The Hall–Kier alpha value is -5.66. The molecular formula is C68H107N5O9. The fourth-order valence-corrected chi connectivity index (χ4v) is 11.5. The van der Waals surface area contributed by atoms with Crippen LogP contribution in [0.15, 0.2) is 60.7 Å². The number of nitrogens with zero attached hydrogens (tertiary/aromatic N) is 2. The number of rotatable bonds is 46. The van der Waals surface area contributed by atoms with Crippen LogP contribution in [0.4, 0.5) is 25.8 Å². The van der Waals surface area contributed by atoms with E-state index in [4.69, 9.17) is 23.7 Å². The van der Waals surface area contributed by atoms with Crippen molar-refractivity contribution in [2.45, 2.75) is 232 Å². The van der Waals surface area contributed by atoms with E-state index in [1.165, 1.54) is 187 Å². The summed E-state index contributed by atoms with van der Waals surface area (Å²) in [4.78, 5) is 55.5. The Labute approximate surface area is 494 Å². The molecule has 0 aromatic heterocycles. The Balaban J connectivity index is 1.09. The van der Waals surface area contributed by atoms with Crippen LogP contribution in [0.25, 0.3) is 0 Å². The van der Waals surface area contributed by atoms with E-state index >= 15 is 0 Å². The molecule has 14 heteroatoms. The number of fused-ring (bicyclic) bond motifs is 6. The Kier molecular flexibility index (Phi) is 33.2. The highest BCUT2D eigenvalue weighted by atomic mass is 16.6. The average molecular weight is 1140 g/mol. The summed E-state index contributed by atoms with van der Waals surface area (Å²) in [6.07, 6.45) is 40.2. The topological polar surface area (TPSA) is 157 Å². The van der Waals surface area contributed by atoms with Crippen LogP contribution in [0.3, 0.4) is 0 Å². The van der Waals surface area contributed by atoms with Gasteiger partial charge in [-0.05, 0) is 50.1 Å². The molecule has 0 radical (unpaired) electrons. The van der Waals surface area contributed by atoms with Gasteiger partial charge in [-0.25, -0.2) is 19.2 Å². The van der Waals surface area contributed by atoms with Gasteiger partial charge in [-0.2, -0.15) is 0 Å². The number of alkyl carbamates (subject to hydrolysis) is 3. The lowest BCUT2D eigenvalue weighted by molar-refractivity contribution is 0.0224. The molecule has 2 heterocycles. The maximum absolute atomic E-state index is 13.7. The van der Waals surface area contributed by atoms with Crippen molar-refractivity contribution in [2.75, 3.05) is 75.9 Å². The van der Waals surface area contributed by atoms with E-state index in [2.05, 4.69) is 34.7 Å². The van der Waals surface area contributed by atoms with Crippen LogP contribution in [0.2, 0.25) is 0 Å². The Morgan fingerprint density at radius 2 is 0.817 bits per heavy atom. The van der Waals surface area contributed by atoms with Gasteiger partial charge in [0.15, 0.2) is 5.60 Å². The summed E-state index contributed by atoms with van der Waals surface area (Å²) in [5, 5.41) is 8.34. The first-order valence-corrected chi connectivity index (χ1v) is 32.7. The molecule has 1 spiro atoms. The molecular weight excluding hydrogens is 1030 g/mol. The summed E-state index contributed by atoms with van der Waals surface area (Å²) in [5.41, 5.74) is 2.82. The van der Waals surface area contributed by atoms with Crippen molar-refractivity contribution in [3.8, 4) is 11.5 Å². The Morgan fingerprint density at radius 3 is 1.22 bits per heavy atom. The molecule has 0 aliphatic carbocycles. The highest BCUT2D eigenvalue weighted by Crippen LogP contribution is 2.57. The summed E-state index contributed by atoms with van der Waals surface area (Å²) < 4.78 is 30.0. The molecule has 458 valence electrons. The predicted octanol–water partition coefficient (Wildman–Crippen LogP) is 17.2. The molecule has 3 amide bonds. The zero-order chi connectivity index (χ0) is 58.3. The summed E-state index contributed by atoms with van der Waals surface area (Å²) in [6.45, 7) is 9.80. The number of benzene rings is 3.